The maximum Gasteiger partial charge on any atom is 0.307 e. The lowest BCUT2D eigenvalue weighted by Crippen LogP contribution is -1.98. The Kier molecular flexibility index (Phi) is 2.96. The molecule has 4 heteroatoms. The minimum atomic E-state index is -1.10. The van der Waals surface area contributed by atoms with Crippen molar-refractivity contribution in [2.45, 2.75) is 6.42 Å². The van der Waals surface area contributed by atoms with E-state index >= 15 is 0 Å². The summed E-state index contributed by atoms with van der Waals surface area (Å²) < 4.78 is 25.5. The summed E-state index contributed by atoms with van der Waals surface area (Å²) in [5.74, 6) is -2.59. The molecular weight excluding hydrogens is 190 g/mol. The Bertz CT molecular complexity index is 386. The number of rotatable bonds is 3. The zero-order valence-corrected chi connectivity index (χ0v) is 7.26. The zero-order valence-electron chi connectivity index (χ0n) is 7.26. The second-order valence-electron chi connectivity index (χ2n) is 2.80. The highest BCUT2D eigenvalue weighted by atomic mass is 19.1. The van der Waals surface area contributed by atoms with E-state index in [1.54, 1.807) is 0 Å². The fourth-order valence-electron chi connectivity index (χ4n) is 1.05. The van der Waals surface area contributed by atoms with Gasteiger partial charge in [-0.3, -0.25) is 4.79 Å². The van der Waals surface area contributed by atoms with Crippen LogP contribution in [-0.4, -0.2) is 11.1 Å². The molecule has 1 N–H and O–H groups in total. The molecule has 74 valence electrons. The number of hydrogen-bond acceptors (Lipinski definition) is 1. The molecule has 2 nitrogen and oxygen atoms in total. The number of aliphatic carboxylic acids is 1. The van der Waals surface area contributed by atoms with Crippen molar-refractivity contribution in [3.05, 3.63) is 42.0 Å². The van der Waals surface area contributed by atoms with Crippen LogP contribution >= 0.6 is 0 Å². The van der Waals surface area contributed by atoms with Crippen molar-refractivity contribution in [3.8, 4) is 0 Å². The molecule has 0 atom stereocenters. The Morgan fingerprint density at radius 3 is 2.57 bits per heavy atom. The third kappa shape index (κ3) is 2.39. The maximum atomic E-state index is 13.1. The van der Waals surface area contributed by atoms with Gasteiger partial charge in [0, 0.05) is 11.6 Å². The minimum Gasteiger partial charge on any atom is -0.481 e. The lowest BCUT2D eigenvalue weighted by atomic mass is 10.0. The molecule has 0 aliphatic rings. The van der Waals surface area contributed by atoms with Gasteiger partial charge in [-0.15, -0.1) is 0 Å². The van der Waals surface area contributed by atoms with Crippen LogP contribution < -0.4 is 0 Å². The summed E-state index contributed by atoms with van der Waals surface area (Å²) in [6, 6.07) is 2.93. The van der Waals surface area contributed by atoms with Crippen LogP contribution in [0.15, 0.2) is 24.8 Å². The summed E-state index contributed by atoms with van der Waals surface area (Å²) in [5.41, 5.74) is 0.156. The van der Waals surface area contributed by atoms with Gasteiger partial charge in [0.15, 0.2) is 0 Å². The summed E-state index contributed by atoms with van der Waals surface area (Å²) in [6.07, 6.45) is -0.359. The molecule has 0 aliphatic carbocycles. The number of carbonyl (C=O) groups is 1. The second kappa shape index (κ2) is 4.00. The van der Waals surface area contributed by atoms with Gasteiger partial charge >= 0.3 is 5.97 Å². The molecule has 0 aromatic heterocycles. The van der Waals surface area contributed by atoms with Crippen LogP contribution in [0.3, 0.4) is 0 Å². The normalized spacial score (nSPS) is 9.86. The van der Waals surface area contributed by atoms with E-state index in [0.717, 1.165) is 6.07 Å². The third-order valence-corrected chi connectivity index (χ3v) is 1.68. The Hall–Kier alpha value is -1.71. The van der Waals surface area contributed by atoms with Gasteiger partial charge in [0.1, 0.15) is 11.6 Å². The van der Waals surface area contributed by atoms with E-state index in [9.17, 15) is 13.6 Å². The van der Waals surface area contributed by atoms with Gasteiger partial charge in [-0.05, 0) is 17.7 Å². The molecule has 0 saturated carbocycles. The number of carboxylic acids is 1. The molecular formula is C10H8F2O2. The van der Waals surface area contributed by atoms with Gasteiger partial charge in [-0.25, -0.2) is 8.78 Å². The van der Waals surface area contributed by atoms with Crippen molar-refractivity contribution in [1.29, 1.82) is 0 Å². The van der Waals surface area contributed by atoms with Gasteiger partial charge in [0.2, 0.25) is 0 Å². The molecule has 0 amide bonds. The molecule has 0 fully saturated rings. The summed E-state index contributed by atoms with van der Waals surface area (Å²) >= 11 is 0. The predicted molar refractivity (Wildman–Crippen MR) is 47.6 cm³/mol. The molecule has 0 spiro atoms. The average Bonchev–Trinajstić information content (AvgIpc) is 2.01. The molecule has 1 aromatic carbocycles. The molecule has 1 rings (SSSR count). The molecule has 1 aromatic rings. The topological polar surface area (TPSA) is 37.3 Å². The maximum absolute atomic E-state index is 13.1. The first-order valence-electron chi connectivity index (χ1n) is 3.85. The largest absolute Gasteiger partial charge is 0.481 e. The molecule has 0 unspecified atom stereocenters. The molecule has 14 heavy (non-hydrogen) atoms. The van der Waals surface area contributed by atoms with Gasteiger partial charge in [-0.2, -0.15) is 0 Å². The van der Waals surface area contributed by atoms with E-state index in [0.29, 0.717) is 6.07 Å². The summed E-state index contributed by atoms with van der Waals surface area (Å²) in [5, 5.41) is 8.43. The van der Waals surface area contributed by atoms with E-state index in [4.69, 9.17) is 5.11 Å². The van der Waals surface area contributed by atoms with Gasteiger partial charge in [0.25, 0.3) is 0 Å². The molecule has 0 heterocycles. The zero-order chi connectivity index (χ0) is 10.7. The fraction of sp³-hybridized carbons (Fsp3) is 0.100. The van der Waals surface area contributed by atoms with Crippen molar-refractivity contribution in [1.82, 2.24) is 0 Å². The molecule has 0 aliphatic heterocycles. The van der Waals surface area contributed by atoms with Crippen molar-refractivity contribution >= 4 is 11.5 Å². The van der Waals surface area contributed by atoms with E-state index in [1.165, 1.54) is 6.07 Å². The van der Waals surface area contributed by atoms with Gasteiger partial charge < -0.3 is 5.11 Å². The first-order valence-corrected chi connectivity index (χ1v) is 3.85. The highest BCUT2D eigenvalue weighted by Gasteiger charge is 2.09. The number of carboxylic acid groups (broad SMARTS) is 1. The first-order chi connectivity index (χ1) is 6.50. The molecule has 0 saturated heterocycles. The number of hydrogen-bond donors (Lipinski definition) is 1. The van der Waals surface area contributed by atoms with Gasteiger partial charge in [0.05, 0.1) is 6.42 Å². The minimum absolute atomic E-state index is 0.0359. The summed E-state index contributed by atoms with van der Waals surface area (Å²) in [6.45, 7) is 3.41. The van der Waals surface area contributed by atoms with Crippen molar-refractivity contribution in [3.63, 3.8) is 0 Å². The summed E-state index contributed by atoms with van der Waals surface area (Å²) in [4.78, 5) is 10.3. The van der Waals surface area contributed by atoms with Gasteiger partial charge in [-0.1, -0.05) is 6.58 Å². The quantitative estimate of drug-likeness (QED) is 0.809. The lowest BCUT2D eigenvalue weighted by Gasteiger charge is -2.04. The highest BCUT2D eigenvalue weighted by molar-refractivity contribution is 5.83. The second-order valence-corrected chi connectivity index (χ2v) is 2.80. The lowest BCUT2D eigenvalue weighted by molar-refractivity contribution is -0.135. The van der Waals surface area contributed by atoms with Crippen LogP contribution in [0.2, 0.25) is 0 Å². The van der Waals surface area contributed by atoms with Crippen molar-refractivity contribution in [2.75, 3.05) is 0 Å². The predicted octanol–water partition coefficient (Wildman–Crippen LogP) is 2.45. The highest BCUT2D eigenvalue weighted by Crippen LogP contribution is 2.20. The Morgan fingerprint density at radius 2 is 2.07 bits per heavy atom. The van der Waals surface area contributed by atoms with Crippen molar-refractivity contribution in [2.24, 2.45) is 0 Å². The van der Waals surface area contributed by atoms with Crippen LogP contribution in [0.25, 0.3) is 5.57 Å². The van der Waals surface area contributed by atoms with Crippen LogP contribution in [0, 0.1) is 11.6 Å². The van der Waals surface area contributed by atoms with Crippen LogP contribution in [0.1, 0.15) is 12.0 Å². The summed E-state index contributed by atoms with van der Waals surface area (Å²) in [7, 11) is 0. The van der Waals surface area contributed by atoms with Crippen molar-refractivity contribution < 1.29 is 18.7 Å². The standard InChI is InChI=1S/C10H8F2O2/c1-6(4-10(13)14)8-3-2-7(11)5-9(8)12/h2-3,5H,1,4H2,(H,13,14). The molecule has 0 bridgehead atoms. The fourth-order valence-corrected chi connectivity index (χ4v) is 1.05. The van der Waals surface area contributed by atoms with E-state index in [2.05, 4.69) is 6.58 Å². The Labute approximate surface area is 79.5 Å². The van der Waals surface area contributed by atoms with E-state index in [-0.39, 0.29) is 17.6 Å². The first kappa shape index (κ1) is 10.4. The average molecular weight is 198 g/mol. The Balaban J connectivity index is 2.96. The van der Waals surface area contributed by atoms with Crippen LogP contribution in [-0.2, 0) is 4.79 Å². The SMILES string of the molecule is C=C(CC(=O)O)c1ccc(F)cc1F. The van der Waals surface area contributed by atoms with E-state index in [1.807, 2.05) is 0 Å². The van der Waals surface area contributed by atoms with Crippen LogP contribution in [0.4, 0.5) is 8.78 Å². The number of benzene rings is 1. The third-order valence-electron chi connectivity index (χ3n) is 1.68. The Morgan fingerprint density at radius 1 is 1.43 bits per heavy atom. The number of halogens is 2. The monoisotopic (exact) mass is 198 g/mol. The van der Waals surface area contributed by atoms with E-state index < -0.39 is 17.6 Å². The van der Waals surface area contributed by atoms with Crippen LogP contribution in [0.5, 0.6) is 0 Å². The smallest absolute Gasteiger partial charge is 0.307 e. The molecule has 0 radical (unpaired) electrons.